The third-order valence-electron chi connectivity index (χ3n) is 2.48. The summed E-state index contributed by atoms with van der Waals surface area (Å²) in [6.07, 6.45) is 2.90. The first-order valence-corrected chi connectivity index (χ1v) is 6.79. The van der Waals surface area contributed by atoms with Gasteiger partial charge in [-0.2, -0.15) is 5.26 Å². The van der Waals surface area contributed by atoms with Crippen LogP contribution in [0.5, 0.6) is 0 Å². The summed E-state index contributed by atoms with van der Waals surface area (Å²) in [4.78, 5) is 5.59. The van der Waals surface area contributed by atoms with E-state index in [0.717, 1.165) is 17.1 Å². The highest BCUT2D eigenvalue weighted by atomic mass is 35.5. The lowest BCUT2D eigenvalue weighted by Crippen LogP contribution is -2.00. The van der Waals surface area contributed by atoms with Crippen molar-refractivity contribution in [2.45, 2.75) is 19.9 Å². The van der Waals surface area contributed by atoms with Crippen LogP contribution in [-0.2, 0) is 13.0 Å². The molecule has 0 aliphatic carbocycles. The molecular weight excluding hydrogens is 266 g/mol. The maximum Gasteiger partial charge on any atom is 0.112 e. The summed E-state index contributed by atoms with van der Waals surface area (Å²) in [6, 6.07) is 7.36. The molecule has 1 N–H and O–H groups in total. The van der Waals surface area contributed by atoms with E-state index < -0.39 is 0 Å². The van der Waals surface area contributed by atoms with E-state index in [1.807, 2.05) is 12.3 Å². The van der Waals surface area contributed by atoms with Gasteiger partial charge in [-0.1, -0.05) is 18.5 Å². The van der Waals surface area contributed by atoms with Gasteiger partial charge in [-0.05, 0) is 24.6 Å². The number of anilines is 1. The minimum absolute atomic E-state index is 0.551. The van der Waals surface area contributed by atoms with Crippen molar-refractivity contribution in [2.75, 3.05) is 5.32 Å². The Kier molecular flexibility index (Phi) is 4.19. The Labute approximate surface area is 115 Å². The number of thiazole rings is 1. The van der Waals surface area contributed by atoms with Crippen LogP contribution in [0.3, 0.4) is 0 Å². The summed E-state index contributed by atoms with van der Waals surface area (Å²) in [7, 11) is 0. The number of aromatic nitrogens is 1. The van der Waals surface area contributed by atoms with Gasteiger partial charge in [-0.15, -0.1) is 11.3 Å². The molecule has 0 amide bonds. The van der Waals surface area contributed by atoms with E-state index >= 15 is 0 Å². The Bertz CT molecular complexity index is 586. The number of halogens is 1. The molecule has 2 aromatic rings. The van der Waals surface area contributed by atoms with Crippen molar-refractivity contribution in [3.05, 3.63) is 44.9 Å². The lowest BCUT2D eigenvalue weighted by Gasteiger charge is -2.06. The van der Waals surface area contributed by atoms with Crippen LogP contribution < -0.4 is 5.32 Å². The van der Waals surface area contributed by atoms with Gasteiger partial charge in [0.25, 0.3) is 0 Å². The van der Waals surface area contributed by atoms with Crippen molar-refractivity contribution in [3.8, 4) is 6.07 Å². The van der Waals surface area contributed by atoms with Gasteiger partial charge >= 0.3 is 0 Å². The number of nitrogens with zero attached hydrogens (tertiary/aromatic N) is 2. The maximum absolute atomic E-state index is 9.02. The third-order valence-corrected chi connectivity index (χ3v) is 3.86. The van der Waals surface area contributed by atoms with Crippen LogP contribution >= 0.6 is 22.9 Å². The summed E-state index contributed by atoms with van der Waals surface area (Å²) in [5, 5.41) is 13.8. The number of hydrogen-bond donors (Lipinski definition) is 1. The lowest BCUT2D eigenvalue weighted by atomic mass is 10.2. The number of nitrogens with one attached hydrogen (secondary N) is 1. The first kappa shape index (κ1) is 12.9. The lowest BCUT2D eigenvalue weighted by molar-refractivity contribution is 1.09. The van der Waals surface area contributed by atoms with Crippen LogP contribution in [-0.4, -0.2) is 4.98 Å². The van der Waals surface area contributed by atoms with E-state index in [0.29, 0.717) is 17.1 Å². The largest absolute Gasteiger partial charge is 0.377 e. The second kappa shape index (κ2) is 5.85. The zero-order valence-corrected chi connectivity index (χ0v) is 11.5. The van der Waals surface area contributed by atoms with Crippen LogP contribution in [0.4, 0.5) is 5.69 Å². The molecule has 0 unspecified atom stereocenters. The van der Waals surface area contributed by atoms with Crippen molar-refractivity contribution in [2.24, 2.45) is 0 Å². The van der Waals surface area contributed by atoms with Crippen LogP contribution in [0, 0.1) is 11.3 Å². The van der Waals surface area contributed by atoms with Crippen LogP contribution in [0.15, 0.2) is 24.4 Å². The fourth-order valence-corrected chi connectivity index (χ4v) is 2.50. The van der Waals surface area contributed by atoms with E-state index in [4.69, 9.17) is 16.9 Å². The molecule has 0 saturated heterocycles. The fraction of sp³-hybridized carbons (Fsp3) is 0.231. The van der Waals surface area contributed by atoms with E-state index in [9.17, 15) is 0 Å². The van der Waals surface area contributed by atoms with E-state index in [-0.39, 0.29) is 0 Å². The molecule has 1 aromatic carbocycles. The Morgan fingerprint density at radius 2 is 2.33 bits per heavy atom. The molecule has 92 valence electrons. The highest BCUT2D eigenvalue weighted by Crippen LogP contribution is 2.21. The monoisotopic (exact) mass is 277 g/mol. The third kappa shape index (κ3) is 3.00. The van der Waals surface area contributed by atoms with Gasteiger partial charge in [0.2, 0.25) is 0 Å². The van der Waals surface area contributed by atoms with Gasteiger partial charge in [0.15, 0.2) is 0 Å². The molecular formula is C13H12ClN3S. The van der Waals surface area contributed by atoms with Crippen LogP contribution in [0.2, 0.25) is 5.02 Å². The van der Waals surface area contributed by atoms with Gasteiger partial charge in [0.05, 0.1) is 17.8 Å². The molecule has 1 heterocycles. The number of nitriles is 1. The number of rotatable bonds is 4. The van der Waals surface area contributed by atoms with Crippen LogP contribution in [0.25, 0.3) is 0 Å². The standard InChI is InChI=1S/C13H12ClN3S/c1-2-11-7-17-13(18-11)8-16-12-4-3-10(14)5-9(12)6-15/h3-5,7,16H,2,8H2,1H3. The molecule has 5 heteroatoms. The quantitative estimate of drug-likeness (QED) is 0.924. The first-order valence-electron chi connectivity index (χ1n) is 5.60. The normalized spacial score (nSPS) is 10.1. The molecule has 0 bridgehead atoms. The van der Waals surface area contributed by atoms with Gasteiger partial charge in [-0.25, -0.2) is 4.98 Å². The maximum atomic E-state index is 9.02. The van der Waals surface area contributed by atoms with Crippen LogP contribution in [0.1, 0.15) is 22.4 Å². The van der Waals surface area contributed by atoms with E-state index in [1.165, 1.54) is 4.88 Å². The minimum Gasteiger partial charge on any atom is -0.377 e. The predicted molar refractivity (Wildman–Crippen MR) is 75.0 cm³/mol. The van der Waals surface area contributed by atoms with Crippen molar-refractivity contribution >= 4 is 28.6 Å². The highest BCUT2D eigenvalue weighted by molar-refractivity contribution is 7.11. The average molecular weight is 278 g/mol. The number of hydrogen-bond acceptors (Lipinski definition) is 4. The van der Waals surface area contributed by atoms with E-state index in [1.54, 1.807) is 23.5 Å². The first-order chi connectivity index (χ1) is 8.72. The zero-order chi connectivity index (χ0) is 13.0. The van der Waals surface area contributed by atoms with Gasteiger partial charge in [0, 0.05) is 16.1 Å². The van der Waals surface area contributed by atoms with E-state index in [2.05, 4.69) is 23.3 Å². The smallest absolute Gasteiger partial charge is 0.112 e. The molecule has 0 aliphatic rings. The average Bonchev–Trinajstić information content (AvgIpc) is 2.85. The molecule has 18 heavy (non-hydrogen) atoms. The molecule has 0 aliphatic heterocycles. The highest BCUT2D eigenvalue weighted by Gasteiger charge is 2.04. The van der Waals surface area contributed by atoms with Crippen molar-refractivity contribution in [3.63, 3.8) is 0 Å². The molecule has 0 radical (unpaired) electrons. The van der Waals surface area contributed by atoms with Crippen molar-refractivity contribution < 1.29 is 0 Å². The molecule has 0 spiro atoms. The summed E-state index contributed by atoms with van der Waals surface area (Å²) in [5.74, 6) is 0. The molecule has 3 nitrogen and oxygen atoms in total. The second-order valence-corrected chi connectivity index (χ2v) is 5.37. The Morgan fingerprint density at radius 1 is 1.50 bits per heavy atom. The minimum atomic E-state index is 0.551. The summed E-state index contributed by atoms with van der Waals surface area (Å²) >= 11 is 7.53. The molecule has 0 fully saturated rings. The SMILES string of the molecule is CCc1cnc(CNc2ccc(Cl)cc2C#N)s1. The molecule has 0 atom stereocenters. The predicted octanol–water partition coefficient (Wildman–Crippen LogP) is 3.84. The van der Waals surface area contributed by atoms with Crippen molar-refractivity contribution in [1.82, 2.24) is 4.98 Å². The Balaban J connectivity index is 2.08. The zero-order valence-electron chi connectivity index (χ0n) is 9.90. The second-order valence-electron chi connectivity index (χ2n) is 3.73. The number of aryl methyl sites for hydroxylation is 1. The summed E-state index contributed by atoms with van der Waals surface area (Å²) < 4.78 is 0. The molecule has 2 rings (SSSR count). The van der Waals surface area contributed by atoms with Crippen molar-refractivity contribution in [1.29, 1.82) is 5.26 Å². The van der Waals surface area contributed by atoms with Gasteiger partial charge in [-0.3, -0.25) is 0 Å². The topological polar surface area (TPSA) is 48.7 Å². The Hall–Kier alpha value is -1.57. The summed E-state index contributed by atoms with van der Waals surface area (Å²) in [5.41, 5.74) is 1.34. The Morgan fingerprint density at radius 3 is 3.00 bits per heavy atom. The molecule has 0 saturated carbocycles. The summed E-state index contributed by atoms with van der Waals surface area (Å²) in [6.45, 7) is 2.73. The van der Waals surface area contributed by atoms with Gasteiger partial charge in [0.1, 0.15) is 11.1 Å². The molecule has 1 aromatic heterocycles. The number of benzene rings is 1. The fourth-order valence-electron chi connectivity index (χ4n) is 1.53. The van der Waals surface area contributed by atoms with Gasteiger partial charge < -0.3 is 5.32 Å².